The van der Waals surface area contributed by atoms with E-state index in [4.69, 9.17) is 10.5 Å². The number of aromatic nitrogens is 1. The van der Waals surface area contributed by atoms with Crippen LogP contribution in [0.5, 0.6) is 0 Å². The Morgan fingerprint density at radius 2 is 2.16 bits per heavy atom. The normalized spacial score (nSPS) is 16.2. The predicted molar refractivity (Wildman–Crippen MR) is 73.8 cm³/mol. The Hall–Kier alpha value is -1.62. The van der Waals surface area contributed by atoms with Gasteiger partial charge in [-0.15, -0.1) is 0 Å². The Morgan fingerprint density at radius 3 is 2.84 bits per heavy atom. The first kappa shape index (κ1) is 13.8. The number of carbonyl (C=O) groups is 1. The molecule has 1 heterocycles. The number of carbonyl (C=O) groups excluding carboxylic acids is 1. The molecule has 1 aliphatic carbocycles. The fourth-order valence-corrected chi connectivity index (χ4v) is 2.25. The Kier molecular flexibility index (Phi) is 5.15. The Balaban J connectivity index is 1.64. The smallest absolute Gasteiger partial charge is 0.269 e. The minimum atomic E-state index is -0.188. The number of nitrogens with two attached hydrogens (primary N) is 1. The first-order valence-electron chi connectivity index (χ1n) is 6.87. The van der Waals surface area contributed by atoms with E-state index >= 15 is 0 Å². The zero-order valence-electron chi connectivity index (χ0n) is 11.1. The van der Waals surface area contributed by atoms with Gasteiger partial charge in [0.2, 0.25) is 0 Å². The molecule has 19 heavy (non-hydrogen) atoms. The van der Waals surface area contributed by atoms with Gasteiger partial charge in [-0.05, 0) is 25.0 Å². The third kappa shape index (κ3) is 4.52. The molecule has 0 unspecified atom stereocenters. The van der Waals surface area contributed by atoms with Crippen LogP contribution in [0.4, 0.5) is 5.69 Å². The lowest BCUT2D eigenvalue weighted by Crippen LogP contribution is -2.29. The lowest BCUT2D eigenvalue weighted by Gasteiger charge is -2.21. The zero-order valence-corrected chi connectivity index (χ0v) is 11.1. The van der Waals surface area contributed by atoms with Gasteiger partial charge < -0.3 is 15.8 Å². The van der Waals surface area contributed by atoms with Crippen LogP contribution in [-0.4, -0.2) is 30.1 Å². The number of nitrogens with zero attached hydrogens (tertiary/aromatic N) is 1. The number of anilines is 1. The van der Waals surface area contributed by atoms with Gasteiger partial charge in [-0.25, -0.2) is 4.98 Å². The molecule has 0 aliphatic heterocycles. The maximum absolute atomic E-state index is 11.7. The van der Waals surface area contributed by atoms with Crippen LogP contribution in [0.15, 0.2) is 18.3 Å². The summed E-state index contributed by atoms with van der Waals surface area (Å²) in [6, 6.07) is 3.28. The van der Waals surface area contributed by atoms with Gasteiger partial charge in [0.15, 0.2) is 0 Å². The number of hydrogen-bond donors (Lipinski definition) is 2. The molecular weight excluding hydrogens is 242 g/mol. The highest BCUT2D eigenvalue weighted by molar-refractivity contribution is 5.92. The largest absolute Gasteiger partial charge is 0.397 e. The SMILES string of the molecule is Nc1ccc(C(=O)NCCOC2CCCCC2)nc1. The standard InChI is InChI=1S/C14H21N3O2/c15-11-6-7-13(17-10-11)14(18)16-8-9-19-12-4-2-1-3-5-12/h6-7,10,12H,1-5,8-9,15H2,(H,16,18). The summed E-state index contributed by atoms with van der Waals surface area (Å²) in [6.07, 6.45) is 7.98. The Bertz CT molecular complexity index is 400. The second-order valence-electron chi connectivity index (χ2n) is 4.86. The number of amides is 1. The highest BCUT2D eigenvalue weighted by atomic mass is 16.5. The molecule has 2 rings (SSSR count). The van der Waals surface area contributed by atoms with E-state index in [1.54, 1.807) is 12.1 Å². The molecule has 1 fully saturated rings. The molecule has 0 bridgehead atoms. The summed E-state index contributed by atoms with van der Waals surface area (Å²) in [6.45, 7) is 1.08. The lowest BCUT2D eigenvalue weighted by atomic mass is 9.98. The van der Waals surface area contributed by atoms with Crippen LogP contribution in [0, 0.1) is 0 Å². The molecule has 5 nitrogen and oxygen atoms in total. The van der Waals surface area contributed by atoms with E-state index in [0.717, 1.165) is 12.8 Å². The highest BCUT2D eigenvalue weighted by Gasteiger charge is 2.13. The van der Waals surface area contributed by atoms with E-state index in [2.05, 4.69) is 10.3 Å². The first-order valence-corrected chi connectivity index (χ1v) is 6.87. The van der Waals surface area contributed by atoms with Crippen LogP contribution >= 0.6 is 0 Å². The van der Waals surface area contributed by atoms with Crippen molar-refractivity contribution < 1.29 is 9.53 Å². The second-order valence-corrected chi connectivity index (χ2v) is 4.86. The number of ether oxygens (including phenoxy) is 1. The van der Waals surface area contributed by atoms with Crippen molar-refractivity contribution in [3.63, 3.8) is 0 Å². The van der Waals surface area contributed by atoms with Crippen molar-refractivity contribution in [1.29, 1.82) is 0 Å². The number of nitrogens with one attached hydrogen (secondary N) is 1. The van der Waals surface area contributed by atoms with Crippen LogP contribution in [0.1, 0.15) is 42.6 Å². The molecular formula is C14H21N3O2. The fraction of sp³-hybridized carbons (Fsp3) is 0.571. The van der Waals surface area contributed by atoms with Crippen molar-refractivity contribution in [3.05, 3.63) is 24.0 Å². The van der Waals surface area contributed by atoms with Crippen LogP contribution in [-0.2, 0) is 4.74 Å². The van der Waals surface area contributed by atoms with E-state index < -0.39 is 0 Å². The predicted octanol–water partition coefficient (Wildman–Crippen LogP) is 1.74. The minimum Gasteiger partial charge on any atom is -0.397 e. The average Bonchev–Trinajstić information content (AvgIpc) is 2.45. The van der Waals surface area contributed by atoms with E-state index in [-0.39, 0.29) is 5.91 Å². The summed E-state index contributed by atoms with van der Waals surface area (Å²) in [5.74, 6) is -0.188. The molecule has 0 saturated heterocycles. The number of rotatable bonds is 5. The maximum atomic E-state index is 11.7. The topological polar surface area (TPSA) is 77.2 Å². The summed E-state index contributed by atoms with van der Waals surface area (Å²) in [4.78, 5) is 15.7. The van der Waals surface area contributed by atoms with Gasteiger partial charge in [-0.3, -0.25) is 4.79 Å². The zero-order chi connectivity index (χ0) is 13.5. The van der Waals surface area contributed by atoms with Crippen LogP contribution in [0.25, 0.3) is 0 Å². The molecule has 0 radical (unpaired) electrons. The molecule has 1 aliphatic rings. The van der Waals surface area contributed by atoms with Gasteiger partial charge in [0, 0.05) is 6.54 Å². The monoisotopic (exact) mass is 263 g/mol. The summed E-state index contributed by atoms with van der Waals surface area (Å²) in [5.41, 5.74) is 6.45. The highest BCUT2D eigenvalue weighted by Crippen LogP contribution is 2.19. The summed E-state index contributed by atoms with van der Waals surface area (Å²) >= 11 is 0. The molecule has 1 amide bonds. The van der Waals surface area contributed by atoms with Crippen molar-refractivity contribution >= 4 is 11.6 Å². The van der Waals surface area contributed by atoms with Gasteiger partial charge in [-0.2, -0.15) is 0 Å². The molecule has 0 spiro atoms. The molecule has 5 heteroatoms. The second kappa shape index (κ2) is 7.09. The molecule has 3 N–H and O–H groups in total. The van der Waals surface area contributed by atoms with Gasteiger partial charge >= 0.3 is 0 Å². The first-order chi connectivity index (χ1) is 9.25. The van der Waals surface area contributed by atoms with Crippen molar-refractivity contribution in [2.45, 2.75) is 38.2 Å². The van der Waals surface area contributed by atoms with Gasteiger partial charge in [0.1, 0.15) is 5.69 Å². The van der Waals surface area contributed by atoms with E-state index in [1.807, 2.05) is 0 Å². The summed E-state index contributed by atoms with van der Waals surface area (Å²) in [7, 11) is 0. The molecule has 1 aromatic heterocycles. The summed E-state index contributed by atoms with van der Waals surface area (Å²) < 4.78 is 5.73. The third-order valence-electron chi connectivity index (χ3n) is 3.31. The van der Waals surface area contributed by atoms with Crippen LogP contribution in [0.2, 0.25) is 0 Å². The van der Waals surface area contributed by atoms with Crippen molar-refractivity contribution in [2.75, 3.05) is 18.9 Å². The Morgan fingerprint density at radius 1 is 1.37 bits per heavy atom. The minimum absolute atomic E-state index is 0.188. The van der Waals surface area contributed by atoms with Gasteiger partial charge in [0.25, 0.3) is 5.91 Å². The number of nitrogen functional groups attached to an aromatic ring is 1. The van der Waals surface area contributed by atoms with Crippen molar-refractivity contribution in [1.82, 2.24) is 10.3 Å². The quantitative estimate of drug-likeness (QED) is 0.793. The molecule has 0 aromatic carbocycles. The maximum Gasteiger partial charge on any atom is 0.269 e. The number of pyridine rings is 1. The van der Waals surface area contributed by atoms with Crippen molar-refractivity contribution in [3.8, 4) is 0 Å². The molecule has 0 atom stereocenters. The molecule has 1 aromatic rings. The third-order valence-corrected chi connectivity index (χ3v) is 3.31. The molecule has 104 valence electrons. The number of hydrogen-bond acceptors (Lipinski definition) is 4. The average molecular weight is 263 g/mol. The van der Waals surface area contributed by atoms with Gasteiger partial charge in [0.05, 0.1) is 24.6 Å². The molecule has 1 saturated carbocycles. The van der Waals surface area contributed by atoms with E-state index in [9.17, 15) is 4.79 Å². The lowest BCUT2D eigenvalue weighted by molar-refractivity contribution is 0.0299. The van der Waals surface area contributed by atoms with E-state index in [0.29, 0.717) is 30.6 Å². The van der Waals surface area contributed by atoms with E-state index in [1.165, 1.54) is 25.5 Å². The summed E-state index contributed by atoms with van der Waals surface area (Å²) in [5, 5.41) is 2.79. The van der Waals surface area contributed by atoms with Crippen LogP contribution < -0.4 is 11.1 Å². The van der Waals surface area contributed by atoms with Gasteiger partial charge in [-0.1, -0.05) is 19.3 Å². The van der Waals surface area contributed by atoms with Crippen molar-refractivity contribution in [2.24, 2.45) is 0 Å². The fourth-order valence-electron chi connectivity index (χ4n) is 2.25. The Labute approximate surface area is 113 Å². The van der Waals surface area contributed by atoms with Crippen LogP contribution in [0.3, 0.4) is 0 Å².